The highest BCUT2D eigenvalue weighted by molar-refractivity contribution is 5.93. The maximum atomic E-state index is 12.0. The Morgan fingerprint density at radius 1 is 1.36 bits per heavy atom. The van der Waals surface area contributed by atoms with Crippen LogP contribution in [0.4, 0.5) is 10.5 Å². The SMILES string of the molecule is CN1CCN(c2cnn(C3CN(Cc4ccno4)C3)c2)C1=O. The third-order valence-electron chi connectivity index (χ3n) is 4.30. The standard InChI is InChI=1S/C14H18N6O2/c1-17-4-5-19(14(17)21)11-6-15-20(9-11)12-7-18(8-12)10-13-2-3-16-22-13/h2-3,6,9,12H,4-5,7-8,10H2,1H3. The molecule has 2 aliphatic rings. The zero-order chi connectivity index (χ0) is 15.1. The van der Waals surface area contributed by atoms with Crippen LogP contribution < -0.4 is 4.90 Å². The molecule has 4 rings (SSSR count). The van der Waals surface area contributed by atoms with Gasteiger partial charge in [-0.2, -0.15) is 5.10 Å². The molecule has 22 heavy (non-hydrogen) atoms. The van der Waals surface area contributed by atoms with Crippen molar-refractivity contribution in [3.8, 4) is 0 Å². The van der Waals surface area contributed by atoms with Crippen LogP contribution in [0.25, 0.3) is 0 Å². The molecule has 4 heterocycles. The van der Waals surface area contributed by atoms with Gasteiger partial charge in [0.2, 0.25) is 0 Å². The molecule has 0 aromatic carbocycles. The minimum absolute atomic E-state index is 0.0418. The van der Waals surface area contributed by atoms with Gasteiger partial charge in [-0.1, -0.05) is 5.16 Å². The molecule has 2 aliphatic heterocycles. The Kier molecular flexibility index (Phi) is 3.11. The maximum Gasteiger partial charge on any atom is 0.324 e. The molecule has 0 atom stereocenters. The second-order valence-corrected chi connectivity index (χ2v) is 5.86. The largest absolute Gasteiger partial charge is 0.360 e. The molecule has 0 unspecified atom stereocenters. The molecule has 0 aliphatic carbocycles. The smallest absolute Gasteiger partial charge is 0.324 e. The first-order valence-corrected chi connectivity index (χ1v) is 7.39. The van der Waals surface area contributed by atoms with Crippen LogP contribution in [-0.2, 0) is 6.54 Å². The van der Waals surface area contributed by atoms with E-state index in [2.05, 4.69) is 15.2 Å². The Labute approximate surface area is 127 Å². The number of hydrogen-bond acceptors (Lipinski definition) is 5. The van der Waals surface area contributed by atoms with Crippen LogP contribution in [-0.4, -0.2) is 64.0 Å². The van der Waals surface area contributed by atoms with Crippen molar-refractivity contribution in [2.24, 2.45) is 0 Å². The van der Waals surface area contributed by atoms with Gasteiger partial charge in [0.25, 0.3) is 0 Å². The Morgan fingerprint density at radius 3 is 2.91 bits per heavy atom. The lowest BCUT2D eigenvalue weighted by Crippen LogP contribution is -2.47. The molecule has 2 aromatic heterocycles. The van der Waals surface area contributed by atoms with Gasteiger partial charge in [-0.05, 0) is 0 Å². The van der Waals surface area contributed by atoms with Gasteiger partial charge >= 0.3 is 6.03 Å². The number of hydrogen-bond donors (Lipinski definition) is 0. The summed E-state index contributed by atoms with van der Waals surface area (Å²) in [5.41, 5.74) is 0.878. The second-order valence-electron chi connectivity index (χ2n) is 5.86. The number of likely N-dealkylation sites (N-methyl/N-ethyl adjacent to an activating group) is 1. The van der Waals surface area contributed by atoms with Crippen molar-refractivity contribution in [2.75, 3.05) is 38.1 Å². The fourth-order valence-electron chi connectivity index (χ4n) is 2.94. The quantitative estimate of drug-likeness (QED) is 0.835. The number of likely N-dealkylation sites (tertiary alicyclic amines) is 1. The minimum Gasteiger partial charge on any atom is -0.360 e. The summed E-state index contributed by atoms with van der Waals surface area (Å²) in [5, 5.41) is 8.13. The van der Waals surface area contributed by atoms with Crippen LogP contribution in [0.15, 0.2) is 29.2 Å². The van der Waals surface area contributed by atoms with Crippen LogP contribution in [0, 0.1) is 0 Å². The zero-order valence-corrected chi connectivity index (χ0v) is 12.4. The molecule has 0 N–H and O–H groups in total. The lowest BCUT2D eigenvalue weighted by Gasteiger charge is -2.38. The highest BCUT2D eigenvalue weighted by Crippen LogP contribution is 2.26. The van der Waals surface area contributed by atoms with E-state index in [1.165, 1.54) is 0 Å². The molecule has 116 valence electrons. The van der Waals surface area contributed by atoms with Gasteiger partial charge in [-0.3, -0.25) is 14.5 Å². The summed E-state index contributed by atoms with van der Waals surface area (Å²) < 4.78 is 7.07. The van der Waals surface area contributed by atoms with Gasteiger partial charge in [0, 0.05) is 45.5 Å². The summed E-state index contributed by atoms with van der Waals surface area (Å²) in [6.07, 6.45) is 5.40. The van der Waals surface area contributed by atoms with Crippen molar-refractivity contribution < 1.29 is 9.32 Å². The summed E-state index contributed by atoms with van der Waals surface area (Å²) in [5.74, 6) is 0.880. The first-order chi connectivity index (χ1) is 10.7. The number of aromatic nitrogens is 3. The van der Waals surface area contributed by atoms with Crippen LogP contribution in [0.5, 0.6) is 0 Å². The number of carbonyl (C=O) groups is 1. The predicted molar refractivity (Wildman–Crippen MR) is 78.4 cm³/mol. The summed E-state index contributed by atoms with van der Waals surface area (Å²) in [6, 6.07) is 2.28. The first-order valence-electron chi connectivity index (χ1n) is 7.39. The number of nitrogens with zero attached hydrogens (tertiary/aromatic N) is 6. The molecule has 0 radical (unpaired) electrons. The van der Waals surface area contributed by atoms with Crippen LogP contribution in [0.1, 0.15) is 11.8 Å². The van der Waals surface area contributed by atoms with Crippen molar-refractivity contribution in [1.82, 2.24) is 24.7 Å². The van der Waals surface area contributed by atoms with Gasteiger partial charge < -0.3 is 9.42 Å². The van der Waals surface area contributed by atoms with E-state index in [4.69, 9.17) is 4.52 Å². The molecule has 0 bridgehead atoms. The highest BCUT2D eigenvalue weighted by atomic mass is 16.5. The molecule has 2 amide bonds. The van der Waals surface area contributed by atoms with E-state index in [1.54, 1.807) is 22.2 Å². The van der Waals surface area contributed by atoms with Crippen molar-refractivity contribution >= 4 is 11.7 Å². The van der Waals surface area contributed by atoms with Gasteiger partial charge in [-0.25, -0.2) is 4.79 Å². The van der Waals surface area contributed by atoms with E-state index in [9.17, 15) is 4.79 Å². The number of urea groups is 1. The normalized spacial score (nSPS) is 20.0. The summed E-state index contributed by atoms with van der Waals surface area (Å²) in [4.78, 5) is 17.8. The topological polar surface area (TPSA) is 70.6 Å². The molecule has 2 fully saturated rings. The van der Waals surface area contributed by atoms with E-state index in [1.807, 2.05) is 24.0 Å². The Morgan fingerprint density at radius 2 is 2.23 bits per heavy atom. The molecular formula is C14H18N6O2. The molecule has 0 spiro atoms. The van der Waals surface area contributed by atoms with Gasteiger partial charge in [0.1, 0.15) is 0 Å². The van der Waals surface area contributed by atoms with Crippen molar-refractivity contribution in [2.45, 2.75) is 12.6 Å². The second kappa shape index (κ2) is 5.13. The number of carbonyl (C=O) groups excluding carboxylic acids is 1. The van der Waals surface area contributed by atoms with Gasteiger partial charge in [-0.15, -0.1) is 0 Å². The van der Waals surface area contributed by atoms with E-state index in [0.717, 1.165) is 44.2 Å². The average molecular weight is 302 g/mol. The van der Waals surface area contributed by atoms with Crippen molar-refractivity contribution in [3.05, 3.63) is 30.4 Å². The van der Waals surface area contributed by atoms with Crippen molar-refractivity contribution in [3.63, 3.8) is 0 Å². The Bertz CT molecular complexity index is 661. The van der Waals surface area contributed by atoms with E-state index >= 15 is 0 Å². The third-order valence-corrected chi connectivity index (χ3v) is 4.30. The predicted octanol–water partition coefficient (Wildman–Crippen LogP) is 0.800. The molecule has 0 saturated carbocycles. The minimum atomic E-state index is 0.0418. The average Bonchev–Trinajstić information content (AvgIpc) is 3.18. The van der Waals surface area contributed by atoms with Gasteiger partial charge in [0.15, 0.2) is 5.76 Å². The van der Waals surface area contributed by atoms with E-state index < -0.39 is 0 Å². The van der Waals surface area contributed by atoms with Crippen molar-refractivity contribution in [1.29, 1.82) is 0 Å². The van der Waals surface area contributed by atoms with Crippen LogP contribution >= 0.6 is 0 Å². The first kappa shape index (κ1) is 13.3. The Hall–Kier alpha value is -2.35. The monoisotopic (exact) mass is 302 g/mol. The molecule has 2 saturated heterocycles. The fraction of sp³-hybridized carbons (Fsp3) is 0.500. The van der Waals surface area contributed by atoms with Crippen LogP contribution in [0.3, 0.4) is 0 Å². The molecule has 8 nitrogen and oxygen atoms in total. The summed E-state index contributed by atoms with van der Waals surface area (Å²) in [6.45, 7) is 4.12. The molecule has 2 aromatic rings. The maximum absolute atomic E-state index is 12.0. The fourth-order valence-corrected chi connectivity index (χ4v) is 2.94. The van der Waals surface area contributed by atoms with E-state index in [0.29, 0.717) is 6.04 Å². The number of rotatable bonds is 4. The molecule has 8 heteroatoms. The third kappa shape index (κ3) is 2.25. The number of anilines is 1. The molecular weight excluding hydrogens is 284 g/mol. The lowest BCUT2D eigenvalue weighted by atomic mass is 10.1. The van der Waals surface area contributed by atoms with E-state index in [-0.39, 0.29) is 6.03 Å². The Balaban J connectivity index is 1.36. The van der Waals surface area contributed by atoms with Crippen LogP contribution in [0.2, 0.25) is 0 Å². The lowest BCUT2D eigenvalue weighted by molar-refractivity contribution is 0.0810. The summed E-state index contributed by atoms with van der Waals surface area (Å²) >= 11 is 0. The van der Waals surface area contributed by atoms with Gasteiger partial charge in [0.05, 0.1) is 30.7 Å². The number of amides is 2. The highest BCUT2D eigenvalue weighted by Gasteiger charge is 2.31. The summed E-state index contributed by atoms with van der Waals surface area (Å²) in [7, 11) is 1.82. The zero-order valence-electron chi connectivity index (χ0n) is 12.4.